The predicted molar refractivity (Wildman–Crippen MR) is 105 cm³/mol. The van der Waals surface area contributed by atoms with Crippen LogP contribution in [0.4, 0.5) is 13.2 Å². The molecule has 3 rings (SSSR count). The van der Waals surface area contributed by atoms with Crippen molar-refractivity contribution in [2.45, 2.75) is 12.4 Å². The van der Waals surface area contributed by atoms with E-state index in [4.69, 9.17) is 0 Å². The van der Waals surface area contributed by atoms with E-state index in [9.17, 15) is 28.5 Å². The van der Waals surface area contributed by atoms with Gasteiger partial charge in [0.15, 0.2) is 11.5 Å². The van der Waals surface area contributed by atoms with Crippen LogP contribution in [-0.2, 0) is 0 Å². The summed E-state index contributed by atoms with van der Waals surface area (Å²) < 4.78 is 41.0. The van der Waals surface area contributed by atoms with Gasteiger partial charge in [-0.25, -0.2) is 0 Å². The number of phenolic OH excluding ortho intramolecular Hbond substituents is 3. The molecule has 1 aliphatic rings. The average Bonchev–Trinajstić information content (AvgIpc) is 2.63. The van der Waals surface area contributed by atoms with Gasteiger partial charge in [-0.1, -0.05) is 12.1 Å². The van der Waals surface area contributed by atoms with Gasteiger partial charge in [-0.2, -0.15) is 0 Å². The summed E-state index contributed by atoms with van der Waals surface area (Å²) in [6, 6.07) is 7.61. The second kappa shape index (κ2) is 10.1. The highest BCUT2D eigenvalue weighted by Gasteiger charge is 2.32. The number of nitrogens with zero attached hydrogens (tertiary/aromatic N) is 1. The highest BCUT2D eigenvalue weighted by molar-refractivity contribution is 5.85. The van der Waals surface area contributed by atoms with Crippen LogP contribution in [-0.4, -0.2) is 52.8 Å². The molecule has 29 heavy (non-hydrogen) atoms. The summed E-state index contributed by atoms with van der Waals surface area (Å²) in [7, 11) is 0. The third-order valence-corrected chi connectivity index (χ3v) is 4.40. The number of nitrogens with one attached hydrogen (secondary N) is 1. The van der Waals surface area contributed by atoms with E-state index in [1.807, 2.05) is 4.90 Å². The Morgan fingerprint density at radius 2 is 1.48 bits per heavy atom. The summed E-state index contributed by atoms with van der Waals surface area (Å²) in [6.07, 6.45) is -4.78. The first-order valence-corrected chi connectivity index (χ1v) is 8.30. The number of ether oxygens (including phenoxy) is 1. The lowest BCUT2D eigenvalue weighted by Crippen LogP contribution is -2.45. The SMILES string of the molecule is Cl.Cl.Oc1ccc([C@@H](c2ccc(OC(F)(F)F)cc2)N2CCNCC2)c(O)c1O. The highest BCUT2D eigenvalue weighted by atomic mass is 35.5. The number of aromatic hydroxyl groups is 3. The van der Waals surface area contributed by atoms with Gasteiger partial charge in [-0.3, -0.25) is 4.90 Å². The summed E-state index contributed by atoms with van der Waals surface area (Å²) in [6.45, 7) is 2.67. The van der Waals surface area contributed by atoms with Crippen molar-refractivity contribution in [3.05, 3.63) is 47.5 Å². The van der Waals surface area contributed by atoms with Gasteiger partial charge in [0.05, 0.1) is 6.04 Å². The van der Waals surface area contributed by atoms with E-state index in [0.29, 0.717) is 37.3 Å². The fourth-order valence-corrected chi connectivity index (χ4v) is 3.18. The second-order valence-electron chi connectivity index (χ2n) is 6.18. The molecule has 162 valence electrons. The number of hydrogen-bond acceptors (Lipinski definition) is 6. The quantitative estimate of drug-likeness (QED) is 0.526. The molecule has 1 aliphatic heterocycles. The molecule has 4 N–H and O–H groups in total. The summed E-state index contributed by atoms with van der Waals surface area (Å²) in [5.41, 5.74) is 0.962. The Morgan fingerprint density at radius 1 is 0.897 bits per heavy atom. The molecule has 1 atom stereocenters. The van der Waals surface area contributed by atoms with Crippen LogP contribution in [0.1, 0.15) is 17.2 Å². The van der Waals surface area contributed by atoms with Crippen molar-refractivity contribution < 1.29 is 33.2 Å². The molecule has 0 saturated carbocycles. The smallest absolute Gasteiger partial charge is 0.504 e. The monoisotopic (exact) mass is 456 g/mol. The molecule has 0 amide bonds. The van der Waals surface area contributed by atoms with Gasteiger partial charge in [0, 0.05) is 31.7 Å². The average molecular weight is 457 g/mol. The van der Waals surface area contributed by atoms with Crippen molar-refractivity contribution in [2.75, 3.05) is 26.2 Å². The Morgan fingerprint density at radius 3 is 2.03 bits per heavy atom. The summed E-state index contributed by atoms with van der Waals surface area (Å²) >= 11 is 0. The molecule has 6 nitrogen and oxygen atoms in total. The van der Waals surface area contributed by atoms with Crippen LogP contribution in [0.3, 0.4) is 0 Å². The van der Waals surface area contributed by atoms with Gasteiger partial charge in [-0.05, 0) is 29.8 Å². The Balaban J connectivity index is 0.00000210. The van der Waals surface area contributed by atoms with Gasteiger partial charge >= 0.3 is 6.36 Å². The Kier molecular flexibility index (Phi) is 8.70. The summed E-state index contributed by atoms with van der Waals surface area (Å²) in [5.74, 6) is -1.90. The van der Waals surface area contributed by atoms with Crippen LogP contribution in [0, 0.1) is 0 Å². The predicted octanol–water partition coefficient (Wildman–Crippen LogP) is 3.54. The molecule has 0 aromatic heterocycles. The molecule has 0 bridgehead atoms. The zero-order chi connectivity index (χ0) is 19.6. The fourth-order valence-electron chi connectivity index (χ4n) is 3.18. The number of benzene rings is 2. The van der Waals surface area contributed by atoms with Crippen molar-refractivity contribution in [1.82, 2.24) is 10.2 Å². The normalized spacial score (nSPS) is 15.7. The number of piperazine rings is 1. The van der Waals surface area contributed by atoms with Crippen molar-refractivity contribution >= 4 is 24.8 Å². The summed E-state index contributed by atoms with van der Waals surface area (Å²) in [4.78, 5) is 2.03. The van der Waals surface area contributed by atoms with Gasteiger partial charge in [0.1, 0.15) is 5.75 Å². The highest BCUT2D eigenvalue weighted by Crippen LogP contribution is 2.43. The Bertz CT molecular complexity index is 801. The number of hydrogen-bond donors (Lipinski definition) is 4. The van der Waals surface area contributed by atoms with E-state index in [-0.39, 0.29) is 30.6 Å². The van der Waals surface area contributed by atoms with Crippen LogP contribution in [0.2, 0.25) is 0 Å². The van der Waals surface area contributed by atoms with Crippen molar-refractivity contribution in [3.8, 4) is 23.0 Å². The number of rotatable bonds is 4. The van der Waals surface area contributed by atoms with E-state index >= 15 is 0 Å². The lowest BCUT2D eigenvalue weighted by Gasteiger charge is -2.36. The first-order chi connectivity index (χ1) is 12.8. The zero-order valence-corrected chi connectivity index (χ0v) is 16.7. The standard InChI is InChI=1S/C18H19F3N2O4.2ClH/c19-18(20,21)27-12-3-1-11(2-4-12)15(23-9-7-22-8-10-23)13-5-6-14(24)17(26)16(13)25;;/h1-6,15,22,24-26H,7-10H2;2*1H/t15-;;/m1../s1. The first-order valence-electron chi connectivity index (χ1n) is 8.30. The van der Waals surface area contributed by atoms with Crippen LogP contribution in [0.5, 0.6) is 23.0 Å². The van der Waals surface area contributed by atoms with E-state index < -0.39 is 29.7 Å². The zero-order valence-electron chi connectivity index (χ0n) is 15.0. The van der Waals surface area contributed by atoms with Gasteiger partial charge in [-0.15, -0.1) is 38.0 Å². The van der Waals surface area contributed by atoms with Crippen LogP contribution in [0.15, 0.2) is 36.4 Å². The molecule has 0 spiro atoms. The molecule has 0 unspecified atom stereocenters. The molecular weight excluding hydrogens is 436 g/mol. The molecule has 2 aromatic rings. The van der Waals surface area contributed by atoms with Crippen LogP contribution < -0.4 is 10.1 Å². The number of phenols is 3. The van der Waals surface area contributed by atoms with Crippen molar-refractivity contribution in [1.29, 1.82) is 0 Å². The largest absolute Gasteiger partial charge is 0.573 e. The van der Waals surface area contributed by atoms with Crippen molar-refractivity contribution in [2.24, 2.45) is 0 Å². The molecule has 0 aliphatic carbocycles. The molecule has 1 saturated heterocycles. The minimum absolute atomic E-state index is 0. The Hall–Kier alpha value is -2.07. The topological polar surface area (TPSA) is 85.2 Å². The molecular formula is C18H21Cl2F3N2O4. The third-order valence-electron chi connectivity index (χ3n) is 4.40. The molecule has 1 heterocycles. The van der Waals surface area contributed by atoms with Gasteiger partial charge in [0.2, 0.25) is 5.75 Å². The first kappa shape index (κ1) is 25.0. The molecule has 0 radical (unpaired) electrons. The minimum Gasteiger partial charge on any atom is -0.504 e. The third kappa shape index (κ3) is 5.96. The van der Waals surface area contributed by atoms with E-state index in [1.54, 1.807) is 0 Å². The van der Waals surface area contributed by atoms with Crippen molar-refractivity contribution in [3.63, 3.8) is 0 Å². The van der Waals surface area contributed by atoms with E-state index in [2.05, 4.69) is 10.1 Å². The van der Waals surface area contributed by atoms with Crippen LogP contribution in [0.25, 0.3) is 0 Å². The van der Waals surface area contributed by atoms with Gasteiger partial charge < -0.3 is 25.4 Å². The lowest BCUT2D eigenvalue weighted by atomic mass is 9.95. The second-order valence-corrected chi connectivity index (χ2v) is 6.18. The van der Waals surface area contributed by atoms with Gasteiger partial charge in [0.25, 0.3) is 0 Å². The van der Waals surface area contributed by atoms with E-state index in [0.717, 1.165) is 0 Å². The minimum atomic E-state index is -4.78. The number of halogens is 5. The molecule has 1 fully saturated rings. The fraction of sp³-hybridized carbons (Fsp3) is 0.333. The summed E-state index contributed by atoms with van der Waals surface area (Å²) in [5, 5.41) is 33.0. The maximum atomic E-state index is 12.4. The molecule has 2 aromatic carbocycles. The molecule has 11 heteroatoms. The lowest BCUT2D eigenvalue weighted by molar-refractivity contribution is -0.274. The van der Waals surface area contributed by atoms with E-state index in [1.165, 1.54) is 36.4 Å². The number of alkyl halides is 3. The maximum absolute atomic E-state index is 12.4. The maximum Gasteiger partial charge on any atom is 0.573 e. The van der Waals surface area contributed by atoms with Crippen LogP contribution >= 0.6 is 24.8 Å². The Labute approximate surface area is 177 Å².